The highest BCUT2D eigenvalue weighted by atomic mass is 15.1. The average molecular weight is 621 g/mol. The summed E-state index contributed by atoms with van der Waals surface area (Å²) in [6, 6.07) is 55.1. The van der Waals surface area contributed by atoms with Gasteiger partial charge in [0.15, 0.2) is 0 Å². The van der Waals surface area contributed by atoms with E-state index >= 15 is 0 Å². The largest absolute Gasteiger partial charge is 0.344 e. The van der Waals surface area contributed by atoms with Gasteiger partial charge in [0, 0.05) is 40.9 Å². The van der Waals surface area contributed by atoms with E-state index in [4.69, 9.17) is 0 Å². The lowest BCUT2D eigenvalue weighted by molar-refractivity contribution is 0.985. The van der Waals surface area contributed by atoms with Crippen LogP contribution in [0.2, 0.25) is 0 Å². The van der Waals surface area contributed by atoms with Crippen LogP contribution in [0.4, 0.5) is 28.4 Å². The van der Waals surface area contributed by atoms with Gasteiger partial charge in [-0.3, -0.25) is 0 Å². The van der Waals surface area contributed by atoms with Gasteiger partial charge in [-0.05, 0) is 113 Å². The zero-order valence-electron chi connectivity index (χ0n) is 27.7. The minimum atomic E-state index is 1.10. The van der Waals surface area contributed by atoms with Crippen molar-refractivity contribution in [2.24, 2.45) is 0 Å². The first-order valence-corrected chi connectivity index (χ1v) is 16.7. The Morgan fingerprint density at radius 3 is 1.90 bits per heavy atom. The van der Waals surface area contributed by atoms with Crippen LogP contribution in [-0.4, -0.2) is 7.05 Å². The van der Waals surface area contributed by atoms with E-state index in [1.807, 2.05) is 6.92 Å². The van der Waals surface area contributed by atoms with Gasteiger partial charge in [0.1, 0.15) is 0 Å². The highest BCUT2D eigenvalue weighted by Crippen LogP contribution is 2.39. The van der Waals surface area contributed by atoms with Crippen molar-refractivity contribution in [2.45, 2.75) is 19.8 Å². The molecule has 0 atom stereocenters. The van der Waals surface area contributed by atoms with Gasteiger partial charge in [-0.1, -0.05) is 115 Å². The number of benzene rings is 7. The molecule has 1 aliphatic rings. The third-order valence-corrected chi connectivity index (χ3v) is 9.10. The van der Waals surface area contributed by atoms with Crippen LogP contribution >= 0.6 is 0 Å². The predicted molar refractivity (Wildman–Crippen MR) is 209 cm³/mol. The van der Waals surface area contributed by atoms with E-state index in [2.05, 4.69) is 187 Å². The molecular weight excluding hydrogens is 581 g/mol. The van der Waals surface area contributed by atoms with Crippen LogP contribution < -0.4 is 9.80 Å². The molecule has 8 rings (SSSR count). The third kappa shape index (κ3) is 6.26. The minimum Gasteiger partial charge on any atom is -0.344 e. The first-order valence-electron chi connectivity index (χ1n) is 16.7. The number of allylic oxidation sites excluding steroid dienone is 2. The molecule has 1 aliphatic carbocycles. The lowest BCUT2D eigenvalue weighted by Gasteiger charge is -2.27. The van der Waals surface area contributed by atoms with E-state index in [0.717, 1.165) is 29.9 Å². The molecule has 48 heavy (non-hydrogen) atoms. The van der Waals surface area contributed by atoms with Crippen molar-refractivity contribution in [3.63, 3.8) is 0 Å². The highest BCUT2D eigenvalue weighted by molar-refractivity contribution is 5.96. The van der Waals surface area contributed by atoms with Crippen LogP contribution in [0.15, 0.2) is 170 Å². The normalized spacial score (nSPS) is 11.8. The van der Waals surface area contributed by atoms with E-state index in [9.17, 15) is 0 Å². The molecule has 0 radical (unpaired) electrons. The second-order valence-corrected chi connectivity index (χ2v) is 12.3. The van der Waals surface area contributed by atoms with Gasteiger partial charge in [-0.25, -0.2) is 0 Å². The molecule has 0 saturated carbocycles. The Hall–Kier alpha value is -5.86. The summed E-state index contributed by atoms with van der Waals surface area (Å²) in [4.78, 5) is 4.64. The first-order chi connectivity index (χ1) is 23.6. The predicted octanol–water partition coefficient (Wildman–Crippen LogP) is 13.0. The number of aryl methyl sites for hydroxylation is 1. The Labute approximate surface area is 284 Å². The van der Waals surface area contributed by atoms with Crippen LogP contribution in [0.1, 0.15) is 24.5 Å². The second kappa shape index (κ2) is 13.9. The maximum absolute atomic E-state index is 3.36. The molecule has 2 nitrogen and oxygen atoms in total. The lowest BCUT2D eigenvalue weighted by Crippen LogP contribution is -2.11. The number of nitrogens with zero attached hydrogens (tertiary/aromatic N) is 2. The fourth-order valence-electron chi connectivity index (χ4n) is 6.64. The van der Waals surface area contributed by atoms with Gasteiger partial charge in [0.2, 0.25) is 0 Å². The molecular formula is C46H40N2. The molecule has 0 bridgehead atoms. The van der Waals surface area contributed by atoms with E-state index in [1.54, 1.807) is 6.08 Å². The topological polar surface area (TPSA) is 6.48 Å². The smallest absolute Gasteiger partial charge is 0.0487 e. The zero-order chi connectivity index (χ0) is 32.9. The van der Waals surface area contributed by atoms with Crippen molar-refractivity contribution >= 4 is 56.1 Å². The van der Waals surface area contributed by atoms with E-state index in [0.29, 0.717) is 0 Å². The monoisotopic (exact) mass is 620 g/mol. The molecule has 0 spiro atoms. The van der Waals surface area contributed by atoms with Crippen LogP contribution in [0.5, 0.6) is 0 Å². The summed E-state index contributed by atoms with van der Waals surface area (Å²) < 4.78 is 0. The molecule has 0 heterocycles. The summed E-state index contributed by atoms with van der Waals surface area (Å²) in [6.45, 7) is 5.25. The van der Waals surface area contributed by atoms with E-state index in [1.165, 1.54) is 55.2 Å². The van der Waals surface area contributed by atoms with E-state index in [-0.39, 0.29) is 0 Å². The maximum atomic E-state index is 3.36. The van der Waals surface area contributed by atoms with Crippen LogP contribution in [0, 0.1) is 0 Å². The summed E-state index contributed by atoms with van der Waals surface area (Å²) >= 11 is 0. The molecule has 0 aromatic heterocycles. The zero-order valence-corrected chi connectivity index (χ0v) is 27.7. The lowest BCUT2D eigenvalue weighted by atomic mass is 9.96. The van der Waals surface area contributed by atoms with Gasteiger partial charge < -0.3 is 9.80 Å². The van der Waals surface area contributed by atoms with Gasteiger partial charge >= 0.3 is 0 Å². The Balaban J connectivity index is 0.00000117. The number of hydrogen-bond donors (Lipinski definition) is 0. The van der Waals surface area contributed by atoms with Crippen molar-refractivity contribution < 1.29 is 0 Å². The summed E-state index contributed by atoms with van der Waals surface area (Å²) in [5.41, 5.74) is 11.0. The molecule has 0 amide bonds. The summed E-state index contributed by atoms with van der Waals surface area (Å²) in [7, 11) is 2.14. The van der Waals surface area contributed by atoms with Crippen molar-refractivity contribution in [1.82, 2.24) is 0 Å². The van der Waals surface area contributed by atoms with Crippen LogP contribution in [0.25, 0.3) is 38.7 Å². The molecule has 0 unspecified atom stereocenters. The molecule has 234 valence electrons. The summed E-state index contributed by atoms with van der Waals surface area (Å²) in [5.74, 6) is 0. The molecule has 7 aromatic rings. The van der Waals surface area contributed by atoms with Crippen molar-refractivity contribution in [3.8, 4) is 11.1 Å². The van der Waals surface area contributed by atoms with Crippen LogP contribution in [-0.2, 0) is 6.42 Å². The van der Waals surface area contributed by atoms with Crippen molar-refractivity contribution in [2.75, 3.05) is 16.8 Å². The van der Waals surface area contributed by atoms with Gasteiger partial charge in [0.25, 0.3) is 0 Å². The van der Waals surface area contributed by atoms with Crippen molar-refractivity contribution in [3.05, 3.63) is 182 Å². The summed E-state index contributed by atoms with van der Waals surface area (Å²) in [5, 5.41) is 5.00. The molecule has 7 aromatic carbocycles. The number of hydrogen-bond acceptors (Lipinski definition) is 2. The molecule has 0 saturated heterocycles. The Morgan fingerprint density at radius 2 is 1.15 bits per heavy atom. The number of rotatable bonds is 6. The fraction of sp³-hybridized carbons (Fsp3) is 0.0870. The molecule has 0 fully saturated rings. The number of fused-ring (bicyclic) bond motifs is 3. The Morgan fingerprint density at radius 1 is 0.562 bits per heavy atom. The second-order valence-electron chi connectivity index (χ2n) is 12.3. The average Bonchev–Trinajstić information content (AvgIpc) is 3.15. The molecule has 0 aliphatic heterocycles. The first kappa shape index (κ1) is 30.8. The van der Waals surface area contributed by atoms with Gasteiger partial charge in [-0.15, -0.1) is 6.58 Å². The third-order valence-electron chi connectivity index (χ3n) is 9.10. The minimum absolute atomic E-state index is 1.10. The standard InChI is InChI=1S/C43H34N2.C3H6/c1-44(43-16-8-14-35-11-6-7-15-42(35)43)38-23-17-33(18-24-38)34-19-25-39(26-20-34)45(40-27-21-31-9-2-4-12-36(31)29-40)41-28-22-32-10-3-5-13-37(32)30-41;1-3-2/h2,4-9,11-30H,3,10H2,1H3;3H,1H2,2H3. The van der Waals surface area contributed by atoms with E-state index < -0.39 is 0 Å². The Bertz CT molecular complexity index is 2220. The van der Waals surface area contributed by atoms with Gasteiger partial charge in [0.05, 0.1) is 0 Å². The summed E-state index contributed by atoms with van der Waals surface area (Å²) in [6.07, 6.45) is 8.52. The molecule has 2 heteroatoms. The van der Waals surface area contributed by atoms with Gasteiger partial charge in [-0.2, -0.15) is 0 Å². The number of anilines is 5. The SMILES string of the molecule is C=CC.CN(c1ccc(-c2ccc(N(c3ccc4c(c3)C=CCC4)c3ccc4ccccc4c3)cc2)cc1)c1cccc2ccccc12. The highest BCUT2D eigenvalue weighted by Gasteiger charge is 2.16. The van der Waals surface area contributed by atoms with Crippen molar-refractivity contribution in [1.29, 1.82) is 0 Å². The fourth-order valence-corrected chi connectivity index (χ4v) is 6.64. The molecule has 0 N–H and O–H groups in total. The Kier molecular flexibility index (Phi) is 8.89. The van der Waals surface area contributed by atoms with Crippen LogP contribution in [0.3, 0.4) is 0 Å². The maximum Gasteiger partial charge on any atom is 0.0487 e. The quantitative estimate of drug-likeness (QED) is 0.171.